The summed E-state index contributed by atoms with van der Waals surface area (Å²) < 4.78 is 34.3. The quantitative estimate of drug-likeness (QED) is 0.320. The predicted octanol–water partition coefficient (Wildman–Crippen LogP) is -8.61. The molecule has 0 unspecified atom stereocenters. The molecule has 0 heterocycles. The molecule has 0 bridgehead atoms. The molecule has 7 heavy (non-hydrogen) atoms. The zero-order valence-corrected chi connectivity index (χ0v) is 7.19. The van der Waals surface area contributed by atoms with Crippen LogP contribution in [0.15, 0.2) is 0 Å². The summed E-state index contributed by atoms with van der Waals surface area (Å²) in [6.07, 6.45) is 0. The van der Waals surface area contributed by atoms with Crippen molar-refractivity contribution in [3.8, 4) is 0 Å². The summed E-state index contributed by atoms with van der Waals surface area (Å²) in [6.45, 7) is 0. The van der Waals surface area contributed by atoms with Gasteiger partial charge in [0.15, 0.2) is 0 Å². The van der Waals surface area contributed by atoms with Gasteiger partial charge in [-0.15, -0.1) is 0 Å². The molecular weight excluding hydrogens is 149 g/mol. The van der Waals surface area contributed by atoms with Gasteiger partial charge in [-0.2, -0.15) is 0 Å². The van der Waals surface area contributed by atoms with E-state index in [0.717, 1.165) is 0 Å². The molecule has 0 amide bonds. The third kappa shape index (κ3) is 90.6. The van der Waals surface area contributed by atoms with Gasteiger partial charge in [0.2, 0.25) is 0 Å². The van der Waals surface area contributed by atoms with Crippen molar-refractivity contribution in [1.29, 1.82) is 0 Å². The Bertz CT molecular complexity index is 94.9. The first-order valence-corrected chi connectivity index (χ1v) is 2.54. The van der Waals surface area contributed by atoms with Crippen molar-refractivity contribution in [3.63, 3.8) is 0 Å². The summed E-state index contributed by atoms with van der Waals surface area (Å²) in [7, 11) is 0. The summed E-state index contributed by atoms with van der Waals surface area (Å²) in [5.74, 6) is 0. The Hall–Kier alpha value is 1.64. The van der Waals surface area contributed by atoms with Crippen molar-refractivity contribution in [1.82, 2.24) is 0 Å². The molecule has 0 aliphatic rings. The molecule has 4 nitrogen and oxygen atoms in total. The van der Waals surface area contributed by atoms with Crippen LogP contribution in [0.3, 0.4) is 0 Å². The SMILES string of the molecule is [Li+].[Na+].[O]=[Mn](=[O])([O-])[O-]. The Morgan fingerprint density at radius 3 is 1.14 bits per heavy atom. The van der Waals surface area contributed by atoms with E-state index in [9.17, 15) is 0 Å². The van der Waals surface area contributed by atoms with Gasteiger partial charge in [-0.1, -0.05) is 0 Å². The van der Waals surface area contributed by atoms with Gasteiger partial charge in [0.05, 0.1) is 0 Å². The molecule has 0 atom stereocenters. The van der Waals surface area contributed by atoms with E-state index in [1.54, 1.807) is 0 Å². The number of hydrogen-bond donors (Lipinski definition) is 0. The normalized spacial score (nSPS) is 8.29. The Morgan fingerprint density at radius 1 is 1.14 bits per heavy atom. The van der Waals surface area contributed by atoms with E-state index in [2.05, 4.69) is 0 Å². The van der Waals surface area contributed by atoms with Crippen molar-refractivity contribution < 1.29 is 77.8 Å². The minimum atomic E-state index is -5.62. The van der Waals surface area contributed by atoms with E-state index in [4.69, 9.17) is 16.0 Å². The number of hydrogen-bond acceptors (Lipinski definition) is 4. The van der Waals surface area contributed by atoms with Gasteiger partial charge in [0.25, 0.3) is 0 Å². The zero-order chi connectivity index (χ0) is 4.50. The molecule has 0 aromatic rings. The molecule has 0 N–H and O–H groups in total. The fourth-order valence-corrected chi connectivity index (χ4v) is 0. The molecule has 7 heteroatoms. The molecule has 0 rings (SSSR count). The summed E-state index contributed by atoms with van der Waals surface area (Å²) in [5, 5.41) is 0. The summed E-state index contributed by atoms with van der Waals surface area (Å²) >= 11 is -5.62. The van der Waals surface area contributed by atoms with Gasteiger partial charge < -0.3 is 0 Å². The standard InChI is InChI=1S/Li.Mn.Na.4O/q+1;;+1;;;2*-1. The van der Waals surface area contributed by atoms with Crippen molar-refractivity contribution in [3.05, 3.63) is 0 Å². The van der Waals surface area contributed by atoms with Crippen LogP contribution in [0.1, 0.15) is 0 Å². The molecule has 0 aromatic heterocycles. The van der Waals surface area contributed by atoms with Crippen LogP contribution in [-0.4, -0.2) is 0 Å². The molecular formula is LiMnNaO4. The maximum atomic E-state index is 8.58. The van der Waals surface area contributed by atoms with E-state index in [0.29, 0.717) is 0 Å². The Morgan fingerprint density at radius 2 is 1.14 bits per heavy atom. The molecule has 0 spiro atoms. The zero-order valence-electron chi connectivity index (χ0n) is 4.01. The molecule has 0 fully saturated rings. The second-order valence-electron chi connectivity index (χ2n) is 0.378. The van der Waals surface area contributed by atoms with Gasteiger partial charge in [0, 0.05) is 0 Å². The average Bonchev–Trinajstić information content (AvgIpc) is 0.722. The van der Waals surface area contributed by atoms with Gasteiger partial charge in [-0.3, -0.25) is 0 Å². The third-order valence-corrected chi connectivity index (χ3v) is 0. The van der Waals surface area contributed by atoms with Crippen LogP contribution in [-0.2, 0) is 21.0 Å². The van der Waals surface area contributed by atoms with E-state index < -0.39 is 13.4 Å². The Kier molecular flexibility index (Phi) is 13.1. The van der Waals surface area contributed by atoms with E-state index in [-0.39, 0.29) is 48.4 Å². The van der Waals surface area contributed by atoms with Crippen molar-refractivity contribution >= 4 is 0 Å². The second kappa shape index (κ2) is 5.77. The van der Waals surface area contributed by atoms with Crippen molar-refractivity contribution in [2.75, 3.05) is 0 Å². The summed E-state index contributed by atoms with van der Waals surface area (Å²) in [5.41, 5.74) is 0. The molecule has 0 radical (unpaired) electrons. The van der Waals surface area contributed by atoms with Crippen LogP contribution in [0.25, 0.3) is 0 Å². The maximum absolute atomic E-state index is 8.58. The summed E-state index contributed by atoms with van der Waals surface area (Å²) in [4.78, 5) is 0. The van der Waals surface area contributed by atoms with Crippen LogP contribution in [0.5, 0.6) is 0 Å². The first-order valence-electron chi connectivity index (χ1n) is 0.617. The molecule has 0 aliphatic heterocycles. The van der Waals surface area contributed by atoms with Gasteiger partial charge in [-0.05, 0) is 0 Å². The van der Waals surface area contributed by atoms with Crippen LogP contribution in [0.4, 0.5) is 0 Å². The molecule has 0 aliphatic carbocycles. The molecule has 0 aromatic carbocycles. The monoisotopic (exact) mass is 149 g/mol. The third-order valence-electron chi connectivity index (χ3n) is 0. The predicted molar refractivity (Wildman–Crippen MR) is 1.37 cm³/mol. The van der Waals surface area contributed by atoms with E-state index in [1.807, 2.05) is 0 Å². The first kappa shape index (κ1) is 15.9. The fraction of sp³-hybridized carbons (Fsp3) is 0. The van der Waals surface area contributed by atoms with Crippen LogP contribution >= 0.6 is 0 Å². The van der Waals surface area contributed by atoms with Gasteiger partial charge in [-0.25, -0.2) is 0 Å². The molecule has 33 valence electrons. The van der Waals surface area contributed by atoms with Crippen LogP contribution in [0.2, 0.25) is 0 Å². The van der Waals surface area contributed by atoms with Crippen LogP contribution in [0, 0.1) is 0 Å². The fourth-order valence-electron chi connectivity index (χ4n) is 0. The average molecular weight is 149 g/mol. The Balaban J connectivity index is -0.0000000800. The molecule has 0 saturated carbocycles. The van der Waals surface area contributed by atoms with Crippen molar-refractivity contribution in [2.24, 2.45) is 0 Å². The van der Waals surface area contributed by atoms with E-state index >= 15 is 0 Å². The van der Waals surface area contributed by atoms with Crippen LogP contribution < -0.4 is 56.8 Å². The first-order chi connectivity index (χ1) is 2.00. The Labute approximate surface area is 77.0 Å². The van der Waals surface area contributed by atoms with Gasteiger partial charge in [0.1, 0.15) is 0 Å². The van der Waals surface area contributed by atoms with Crippen molar-refractivity contribution in [2.45, 2.75) is 0 Å². The molecule has 0 saturated heterocycles. The summed E-state index contributed by atoms with van der Waals surface area (Å²) in [6, 6.07) is 0. The number of rotatable bonds is 0. The van der Waals surface area contributed by atoms with Gasteiger partial charge >= 0.3 is 77.8 Å². The second-order valence-corrected chi connectivity index (χ2v) is 1.56. The van der Waals surface area contributed by atoms with E-state index in [1.165, 1.54) is 0 Å². The minimum absolute atomic E-state index is 0. The topological polar surface area (TPSA) is 80.3 Å².